The van der Waals surface area contributed by atoms with Crippen LogP contribution in [0.25, 0.3) is 5.69 Å². The highest BCUT2D eigenvalue weighted by Gasteiger charge is 2.16. The van der Waals surface area contributed by atoms with E-state index in [0.29, 0.717) is 12.2 Å². The maximum atomic E-state index is 12.1. The third-order valence-corrected chi connectivity index (χ3v) is 3.55. The predicted molar refractivity (Wildman–Crippen MR) is 84.7 cm³/mol. The number of nitrogens with zero attached hydrogens (tertiary/aromatic N) is 4. The smallest absolute Gasteiger partial charge is 0.273 e. The molecule has 0 aliphatic rings. The number of carbonyl (C=O) groups is 1. The average Bonchev–Trinajstić information content (AvgIpc) is 2.81. The van der Waals surface area contributed by atoms with Crippen LogP contribution in [0.1, 0.15) is 16.2 Å². The average molecular weight is 352 g/mol. The lowest BCUT2D eigenvalue weighted by Gasteiger charge is -2.09. The van der Waals surface area contributed by atoms with Crippen molar-refractivity contribution in [3.63, 3.8) is 0 Å². The molecule has 21 heavy (non-hydrogen) atoms. The molecule has 2 rings (SSSR count). The van der Waals surface area contributed by atoms with E-state index >= 15 is 0 Å². The Hall–Kier alpha value is -1.73. The van der Waals surface area contributed by atoms with Crippen molar-refractivity contribution in [2.45, 2.75) is 6.92 Å². The summed E-state index contributed by atoms with van der Waals surface area (Å²) in [5.41, 5.74) is 1.95. The van der Waals surface area contributed by atoms with Crippen molar-refractivity contribution in [1.29, 1.82) is 0 Å². The SMILES string of the molecule is Cc1c(C(=O)NCCN(C)C)nnn1-c1ccc(Br)cc1. The first-order chi connectivity index (χ1) is 9.99. The molecule has 6 nitrogen and oxygen atoms in total. The van der Waals surface area contributed by atoms with Gasteiger partial charge in [0.1, 0.15) is 0 Å². The topological polar surface area (TPSA) is 63.1 Å². The second-order valence-corrected chi connectivity index (χ2v) is 5.89. The first-order valence-corrected chi connectivity index (χ1v) is 7.39. The molecule has 0 fully saturated rings. The molecule has 0 bridgehead atoms. The van der Waals surface area contributed by atoms with Gasteiger partial charge in [0.05, 0.1) is 11.4 Å². The normalized spacial score (nSPS) is 10.9. The predicted octanol–water partition coefficient (Wildman–Crippen LogP) is 1.63. The fraction of sp³-hybridized carbons (Fsp3) is 0.357. The standard InChI is InChI=1S/C14H18BrN5O/c1-10-13(14(21)16-8-9-19(2)3)17-18-20(10)12-6-4-11(15)5-7-12/h4-7H,8-9H2,1-3H3,(H,16,21). The van der Waals surface area contributed by atoms with Crippen LogP contribution >= 0.6 is 15.9 Å². The molecule has 1 amide bonds. The number of rotatable bonds is 5. The van der Waals surface area contributed by atoms with E-state index < -0.39 is 0 Å². The Balaban J connectivity index is 2.13. The van der Waals surface area contributed by atoms with Crippen LogP contribution in [-0.2, 0) is 0 Å². The molecular weight excluding hydrogens is 334 g/mol. The molecule has 0 aliphatic heterocycles. The third kappa shape index (κ3) is 3.89. The van der Waals surface area contributed by atoms with Crippen LogP contribution in [0.4, 0.5) is 0 Å². The molecule has 1 aromatic heterocycles. The number of halogens is 1. The van der Waals surface area contributed by atoms with Gasteiger partial charge in [-0.05, 0) is 45.3 Å². The highest BCUT2D eigenvalue weighted by atomic mass is 79.9. The van der Waals surface area contributed by atoms with Crippen molar-refractivity contribution >= 4 is 21.8 Å². The summed E-state index contributed by atoms with van der Waals surface area (Å²) in [5, 5.41) is 10.9. The summed E-state index contributed by atoms with van der Waals surface area (Å²) in [6.07, 6.45) is 0. The molecule has 0 unspecified atom stereocenters. The molecule has 0 atom stereocenters. The Labute approximate surface area is 132 Å². The Morgan fingerprint density at radius 2 is 2.00 bits per heavy atom. The molecule has 0 spiro atoms. The van der Waals surface area contributed by atoms with Crippen molar-refractivity contribution in [3.05, 3.63) is 40.1 Å². The Morgan fingerprint density at radius 1 is 1.33 bits per heavy atom. The van der Waals surface area contributed by atoms with Gasteiger partial charge in [0.2, 0.25) is 0 Å². The minimum absolute atomic E-state index is 0.197. The van der Waals surface area contributed by atoms with Crippen LogP contribution in [0.3, 0.4) is 0 Å². The fourth-order valence-corrected chi connectivity index (χ4v) is 2.11. The summed E-state index contributed by atoms with van der Waals surface area (Å²) < 4.78 is 2.65. The molecule has 0 saturated carbocycles. The van der Waals surface area contributed by atoms with Crippen molar-refractivity contribution in [2.75, 3.05) is 27.2 Å². The van der Waals surface area contributed by atoms with Crippen LogP contribution in [0, 0.1) is 6.92 Å². The molecule has 0 aliphatic carbocycles. The summed E-state index contributed by atoms with van der Waals surface area (Å²) in [6, 6.07) is 7.68. The number of benzene rings is 1. The molecule has 7 heteroatoms. The molecule has 1 N–H and O–H groups in total. The van der Waals surface area contributed by atoms with E-state index in [2.05, 4.69) is 31.6 Å². The third-order valence-electron chi connectivity index (χ3n) is 3.03. The van der Waals surface area contributed by atoms with E-state index in [1.807, 2.05) is 50.2 Å². The highest BCUT2D eigenvalue weighted by molar-refractivity contribution is 9.10. The molecule has 1 aromatic carbocycles. The van der Waals surface area contributed by atoms with Crippen molar-refractivity contribution in [3.8, 4) is 5.69 Å². The van der Waals surface area contributed by atoms with E-state index in [4.69, 9.17) is 0 Å². The summed E-state index contributed by atoms with van der Waals surface area (Å²) >= 11 is 3.39. The van der Waals surface area contributed by atoms with E-state index in [1.165, 1.54) is 0 Å². The lowest BCUT2D eigenvalue weighted by Crippen LogP contribution is -2.31. The van der Waals surface area contributed by atoms with Crippen LogP contribution < -0.4 is 5.32 Å². The van der Waals surface area contributed by atoms with Gasteiger partial charge >= 0.3 is 0 Å². The number of carbonyl (C=O) groups excluding carboxylic acids is 1. The van der Waals surface area contributed by atoms with Gasteiger partial charge in [-0.25, -0.2) is 4.68 Å². The number of aromatic nitrogens is 3. The summed E-state index contributed by atoms with van der Waals surface area (Å²) in [7, 11) is 3.92. The number of hydrogen-bond acceptors (Lipinski definition) is 4. The van der Waals surface area contributed by atoms with Gasteiger partial charge in [0.25, 0.3) is 5.91 Å². The minimum atomic E-state index is -0.197. The number of nitrogens with one attached hydrogen (secondary N) is 1. The highest BCUT2D eigenvalue weighted by Crippen LogP contribution is 2.15. The molecule has 1 heterocycles. The first kappa shape index (κ1) is 15.7. The number of likely N-dealkylation sites (N-methyl/N-ethyl adjacent to an activating group) is 1. The van der Waals surface area contributed by atoms with Gasteiger partial charge in [-0.1, -0.05) is 21.1 Å². The van der Waals surface area contributed by atoms with Crippen LogP contribution in [0.5, 0.6) is 0 Å². The Kier molecular flexibility index (Phi) is 5.08. The van der Waals surface area contributed by atoms with E-state index in [0.717, 1.165) is 22.4 Å². The Bertz CT molecular complexity index is 621. The molecule has 2 aromatic rings. The van der Waals surface area contributed by atoms with Gasteiger partial charge in [-0.3, -0.25) is 4.79 Å². The molecule has 0 saturated heterocycles. The largest absolute Gasteiger partial charge is 0.349 e. The zero-order valence-electron chi connectivity index (χ0n) is 12.3. The molecular formula is C14H18BrN5O. The van der Waals surface area contributed by atoms with Gasteiger partial charge in [-0.2, -0.15) is 0 Å². The molecule has 0 radical (unpaired) electrons. The van der Waals surface area contributed by atoms with Gasteiger partial charge < -0.3 is 10.2 Å². The maximum absolute atomic E-state index is 12.1. The quantitative estimate of drug-likeness (QED) is 0.889. The first-order valence-electron chi connectivity index (χ1n) is 6.60. The number of hydrogen-bond donors (Lipinski definition) is 1. The monoisotopic (exact) mass is 351 g/mol. The van der Waals surface area contributed by atoms with Crippen LogP contribution in [0.15, 0.2) is 28.7 Å². The Morgan fingerprint density at radius 3 is 2.62 bits per heavy atom. The summed E-state index contributed by atoms with van der Waals surface area (Å²) in [5.74, 6) is -0.197. The zero-order valence-corrected chi connectivity index (χ0v) is 13.9. The van der Waals surface area contributed by atoms with Crippen molar-refractivity contribution in [2.24, 2.45) is 0 Å². The van der Waals surface area contributed by atoms with Crippen LogP contribution in [-0.4, -0.2) is 53.0 Å². The van der Waals surface area contributed by atoms with E-state index in [9.17, 15) is 4.79 Å². The molecule has 112 valence electrons. The van der Waals surface area contributed by atoms with E-state index in [1.54, 1.807) is 4.68 Å². The lowest BCUT2D eigenvalue weighted by molar-refractivity contribution is 0.0945. The minimum Gasteiger partial charge on any atom is -0.349 e. The second-order valence-electron chi connectivity index (χ2n) is 4.97. The van der Waals surface area contributed by atoms with Crippen molar-refractivity contribution < 1.29 is 4.79 Å². The maximum Gasteiger partial charge on any atom is 0.273 e. The van der Waals surface area contributed by atoms with E-state index in [-0.39, 0.29) is 5.91 Å². The van der Waals surface area contributed by atoms with Crippen LogP contribution in [0.2, 0.25) is 0 Å². The van der Waals surface area contributed by atoms with Gasteiger partial charge in [0.15, 0.2) is 5.69 Å². The lowest BCUT2D eigenvalue weighted by atomic mass is 10.3. The summed E-state index contributed by atoms with van der Waals surface area (Å²) in [4.78, 5) is 14.1. The van der Waals surface area contributed by atoms with Gasteiger partial charge in [0, 0.05) is 17.6 Å². The second kappa shape index (κ2) is 6.82. The summed E-state index contributed by atoms with van der Waals surface area (Å²) in [6.45, 7) is 3.20. The zero-order chi connectivity index (χ0) is 15.4. The van der Waals surface area contributed by atoms with Gasteiger partial charge in [-0.15, -0.1) is 5.10 Å². The number of amides is 1. The van der Waals surface area contributed by atoms with Crippen molar-refractivity contribution in [1.82, 2.24) is 25.2 Å². The fourth-order valence-electron chi connectivity index (χ4n) is 1.84.